The highest BCUT2D eigenvalue weighted by molar-refractivity contribution is 6.38. The van der Waals surface area contributed by atoms with E-state index in [0.717, 1.165) is 11.6 Å². The standard InChI is InChI=1S/C31H37ClFN5O6/c1-30(2,3)43-27(40)34-22-16-36(15-20(22)17-10-8-7-9-11-17)25-21(33)14-19-24(23(25)32)37(18-12-13-18)29(42)38(26(19)39)35-28(41)44-31(4,5)6/h7-11,14,18,20,22H,12-13,15-16H2,1-6H3,(H,34,40)(H,35,41). The molecule has 2 fully saturated rings. The molecule has 236 valence electrons. The van der Waals surface area contributed by atoms with E-state index in [4.69, 9.17) is 21.1 Å². The third kappa shape index (κ3) is 6.54. The number of nitrogens with one attached hydrogen (secondary N) is 2. The highest BCUT2D eigenvalue weighted by Gasteiger charge is 2.39. The highest BCUT2D eigenvalue weighted by atomic mass is 35.5. The van der Waals surface area contributed by atoms with Gasteiger partial charge in [-0.2, -0.15) is 4.68 Å². The Hall–Kier alpha value is -4.06. The molecular formula is C31H37ClFN5O6. The number of hydrogen-bond acceptors (Lipinski definition) is 7. The number of amides is 2. The summed E-state index contributed by atoms with van der Waals surface area (Å²) in [5.74, 6) is -1.03. The smallest absolute Gasteiger partial charge is 0.427 e. The zero-order valence-electron chi connectivity index (χ0n) is 25.6. The fourth-order valence-electron chi connectivity index (χ4n) is 5.49. The fourth-order valence-corrected chi connectivity index (χ4v) is 5.89. The number of rotatable bonds is 5. The van der Waals surface area contributed by atoms with Crippen molar-refractivity contribution in [3.8, 4) is 0 Å². The van der Waals surface area contributed by atoms with Gasteiger partial charge in [0.1, 0.15) is 17.0 Å². The van der Waals surface area contributed by atoms with Gasteiger partial charge in [0.25, 0.3) is 5.56 Å². The van der Waals surface area contributed by atoms with Crippen LogP contribution in [0.5, 0.6) is 0 Å². The van der Waals surface area contributed by atoms with Crippen LogP contribution in [0.1, 0.15) is 71.9 Å². The monoisotopic (exact) mass is 629 g/mol. The Balaban J connectivity index is 1.58. The molecule has 2 atom stereocenters. The minimum absolute atomic E-state index is 0.0136. The number of halogens is 2. The number of anilines is 1. The number of ether oxygens (including phenoxy) is 2. The van der Waals surface area contributed by atoms with Crippen molar-refractivity contribution in [1.29, 1.82) is 0 Å². The molecule has 2 amide bonds. The summed E-state index contributed by atoms with van der Waals surface area (Å²) in [6.45, 7) is 10.7. The summed E-state index contributed by atoms with van der Waals surface area (Å²) in [7, 11) is 0. The second-order valence-electron chi connectivity index (χ2n) is 13.2. The molecule has 1 aromatic heterocycles. The van der Waals surface area contributed by atoms with Crippen molar-refractivity contribution in [1.82, 2.24) is 14.6 Å². The van der Waals surface area contributed by atoms with Crippen LogP contribution in [0.15, 0.2) is 46.0 Å². The lowest BCUT2D eigenvalue weighted by molar-refractivity contribution is 0.0503. The van der Waals surface area contributed by atoms with E-state index in [-0.39, 0.29) is 46.7 Å². The SMILES string of the molecule is CC(C)(C)OC(=O)NC1CN(c2c(F)cc3c(=O)n(NC(=O)OC(C)(C)C)c(=O)n(C4CC4)c3c2Cl)CC1c1ccccc1. The van der Waals surface area contributed by atoms with Crippen LogP contribution in [0, 0.1) is 5.82 Å². The molecule has 13 heteroatoms. The molecule has 2 unspecified atom stereocenters. The maximum atomic E-state index is 16.0. The number of carbonyl (C=O) groups is 2. The Bertz CT molecular complexity index is 1720. The van der Waals surface area contributed by atoms with Crippen molar-refractivity contribution in [2.45, 2.75) is 83.6 Å². The Morgan fingerprint density at radius 3 is 2.16 bits per heavy atom. The minimum Gasteiger partial charge on any atom is -0.444 e. The van der Waals surface area contributed by atoms with Gasteiger partial charge in [-0.1, -0.05) is 41.9 Å². The van der Waals surface area contributed by atoms with E-state index in [1.165, 1.54) is 4.57 Å². The van der Waals surface area contributed by atoms with Crippen LogP contribution < -0.4 is 26.9 Å². The van der Waals surface area contributed by atoms with Crippen molar-refractivity contribution in [3.63, 3.8) is 0 Å². The summed E-state index contributed by atoms with van der Waals surface area (Å²) in [5, 5.41) is 2.66. The maximum Gasteiger partial charge on any atom is 0.427 e. The Labute approximate surface area is 258 Å². The van der Waals surface area contributed by atoms with Crippen molar-refractivity contribution >= 4 is 40.4 Å². The second kappa shape index (κ2) is 11.5. The van der Waals surface area contributed by atoms with Crippen LogP contribution in [0.3, 0.4) is 0 Å². The third-order valence-electron chi connectivity index (χ3n) is 7.32. The van der Waals surface area contributed by atoms with E-state index in [1.807, 2.05) is 30.3 Å². The van der Waals surface area contributed by atoms with Crippen LogP contribution in [0.25, 0.3) is 10.9 Å². The van der Waals surface area contributed by atoms with Gasteiger partial charge >= 0.3 is 17.9 Å². The molecule has 0 bridgehead atoms. The van der Waals surface area contributed by atoms with Crippen LogP contribution in [0.4, 0.5) is 19.7 Å². The first-order valence-corrected chi connectivity index (χ1v) is 14.9. The van der Waals surface area contributed by atoms with Gasteiger partial charge < -0.3 is 19.7 Å². The van der Waals surface area contributed by atoms with Gasteiger partial charge in [-0.05, 0) is 66.0 Å². The minimum atomic E-state index is -1.01. The van der Waals surface area contributed by atoms with Crippen molar-refractivity contribution in [2.75, 3.05) is 23.4 Å². The molecule has 2 aromatic carbocycles. The number of nitrogens with zero attached hydrogens (tertiary/aromatic N) is 3. The maximum absolute atomic E-state index is 16.0. The van der Waals surface area contributed by atoms with Crippen LogP contribution in [0.2, 0.25) is 5.02 Å². The molecule has 1 aliphatic carbocycles. The van der Waals surface area contributed by atoms with E-state index < -0.39 is 46.5 Å². The fraction of sp³-hybridized carbons (Fsp3) is 0.484. The molecule has 2 aliphatic rings. The lowest BCUT2D eigenvalue weighted by atomic mass is 9.94. The number of alkyl carbamates (subject to hydrolysis) is 1. The van der Waals surface area contributed by atoms with Crippen molar-refractivity contribution < 1.29 is 23.5 Å². The molecular weight excluding hydrogens is 593 g/mol. The summed E-state index contributed by atoms with van der Waals surface area (Å²) in [5.41, 5.74) is -0.113. The summed E-state index contributed by atoms with van der Waals surface area (Å²) in [4.78, 5) is 54.0. The molecule has 44 heavy (non-hydrogen) atoms. The summed E-state index contributed by atoms with van der Waals surface area (Å²) in [6.07, 6.45) is -0.320. The Morgan fingerprint density at radius 2 is 1.57 bits per heavy atom. The van der Waals surface area contributed by atoms with E-state index in [9.17, 15) is 19.2 Å². The van der Waals surface area contributed by atoms with E-state index in [2.05, 4.69) is 10.7 Å². The van der Waals surface area contributed by atoms with Gasteiger partial charge in [-0.25, -0.2) is 24.2 Å². The van der Waals surface area contributed by atoms with Crippen molar-refractivity contribution in [2.24, 2.45) is 0 Å². The lowest BCUT2D eigenvalue weighted by Gasteiger charge is -2.24. The Kier molecular flexibility index (Phi) is 8.17. The van der Waals surface area contributed by atoms with E-state index in [1.54, 1.807) is 46.4 Å². The van der Waals surface area contributed by atoms with Crippen LogP contribution >= 0.6 is 11.6 Å². The third-order valence-corrected chi connectivity index (χ3v) is 7.68. The number of aromatic nitrogens is 2. The van der Waals surface area contributed by atoms with Gasteiger partial charge in [0.2, 0.25) is 0 Å². The van der Waals surface area contributed by atoms with Gasteiger partial charge in [0.15, 0.2) is 0 Å². The largest absolute Gasteiger partial charge is 0.444 e. The van der Waals surface area contributed by atoms with Crippen LogP contribution in [-0.2, 0) is 9.47 Å². The molecule has 0 radical (unpaired) electrons. The lowest BCUT2D eigenvalue weighted by Crippen LogP contribution is -2.48. The predicted molar refractivity (Wildman–Crippen MR) is 166 cm³/mol. The van der Waals surface area contributed by atoms with Crippen LogP contribution in [-0.4, -0.2) is 51.8 Å². The first kappa shape index (κ1) is 31.4. The summed E-state index contributed by atoms with van der Waals surface area (Å²) in [6, 6.07) is 9.81. The highest BCUT2D eigenvalue weighted by Crippen LogP contribution is 2.42. The molecule has 5 rings (SSSR count). The average molecular weight is 630 g/mol. The number of fused-ring (bicyclic) bond motifs is 1. The zero-order valence-corrected chi connectivity index (χ0v) is 26.3. The number of benzene rings is 2. The van der Waals surface area contributed by atoms with E-state index in [0.29, 0.717) is 17.5 Å². The van der Waals surface area contributed by atoms with Gasteiger partial charge in [0.05, 0.1) is 27.7 Å². The molecule has 11 nitrogen and oxygen atoms in total. The molecule has 2 heterocycles. The number of carbonyl (C=O) groups excluding carboxylic acids is 2. The molecule has 0 spiro atoms. The predicted octanol–water partition coefficient (Wildman–Crippen LogP) is 5.27. The van der Waals surface area contributed by atoms with Gasteiger partial charge in [-0.15, -0.1) is 0 Å². The average Bonchev–Trinajstić information content (AvgIpc) is 3.66. The molecule has 1 saturated carbocycles. The van der Waals surface area contributed by atoms with E-state index >= 15 is 4.39 Å². The molecule has 1 saturated heterocycles. The molecule has 1 aliphatic heterocycles. The normalized spacial score (nSPS) is 18.8. The van der Waals surface area contributed by atoms with Crippen molar-refractivity contribution in [3.05, 3.63) is 73.6 Å². The number of hydrogen-bond donors (Lipinski definition) is 2. The summed E-state index contributed by atoms with van der Waals surface area (Å²) < 4.78 is 28.6. The first-order chi connectivity index (χ1) is 20.5. The second-order valence-corrected chi connectivity index (χ2v) is 13.6. The quantitative estimate of drug-likeness (QED) is 0.394. The first-order valence-electron chi connectivity index (χ1n) is 14.5. The Morgan fingerprint density at radius 1 is 0.955 bits per heavy atom. The summed E-state index contributed by atoms with van der Waals surface area (Å²) >= 11 is 6.91. The van der Waals surface area contributed by atoms with Gasteiger partial charge in [-0.3, -0.25) is 9.36 Å². The topological polar surface area (TPSA) is 124 Å². The molecule has 3 aromatic rings. The zero-order chi connectivity index (χ0) is 32.1. The molecule has 2 N–H and O–H groups in total. The van der Waals surface area contributed by atoms with Gasteiger partial charge in [0, 0.05) is 25.0 Å².